The summed E-state index contributed by atoms with van der Waals surface area (Å²) < 4.78 is 5.59. The number of carbonyl (C=O) groups is 2. The predicted molar refractivity (Wildman–Crippen MR) is 71.6 cm³/mol. The standard InChI is InChI=1S/C15H17NO4/c1-9(16-13(17)15(6-7-15)14(18)19)11-8-20-12-5-3-2-4-10(11)12/h2-5,9,11H,6-8H2,1H3,(H,16,17)(H,18,19)/t9-,11-/m1/s1. The molecule has 2 atom stereocenters. The quantitative estimate of drug-likeness (QED) is 0.817. The minimum Gasteiger partial charge on any atom is -0.493 e. The van der Waals surface area contributed by atoms with Crippen LogP contribution in [0.5, 0.6) is 5.75 Å². The summed E-state index contributed by atoms with van der Waals surface area (Å²) in [4.78, 5) is 23.3. The maximum absolute atomic E-state index is 12.1. The molecule has 0 aromatic heterocycles. The van der Waals surface area contributed by atoms with Gasteiger partial charge in [-0.25, -0.2) is 0 Å². The minimum absolute atomic E-state index is 0.0692. The molecule has 5 heteroatoms. The zero-order valence-electron chi connectivity index (χ0n) is 11.3. The highest BCUT2D eigenvalue weighted by Crippen LogP contribution is 2.46. The molecule has 5 nitrogen and oxygen atoms in total. The van der Waals surface area contributed by atoms with Gasteiger partial charge >= 0.3 is 5.97 Å². The average molecular weight is 275 g/mol. The van der Waals surface area contributed by atoms with Crippen molar-refractivity contribution < 1.29 is 19.4 Å². The predicted octanol–water partition coefficient (Wildman–Crippen LogP) is 1.53. The molecule has 106 valence electrons. The first-order chi connectivity index (χ1) is 9.54. The number of para-hydroxylation sites is 1. The van der Waals surface area contributed by atoms with Crippen LogP contribution in [0.3, 0.4) is 0 Å². The first-order valence-corrected chi connectivity index (χ1v) is 6.81. The molecule has 1 aromatic carbocycles. The lowest BCUT2D eigenvalue weighted by atomic mass is 9.93. The molecule has 20 heavy (non-hydrogen) atoms. The summed E-state index contributed by atoms with van der Waals surface area (Å²) in [5.74, 6) is -0.482. The first kappa shape index (κ1) is 13.0. The van der Waals surface area contributed by atoms with Crippen LogP contribution in [-0.2, 0) is 9.59 Å². The van der Waals surface area contributed by atoms with E-state index in [9.17, 15) is 9.59 Å². The van der Waals surface area contributed by atoms with Gasteiger partial charge in [-0.05, 0) is 25.8 Å². The lowest BCUT2D eigenvalue weighted by Crippen LogP contribution is -2.44. The van der Waals surface area contributed by atoms with E-state index in [1.54, 1.807) is 0 Å². The average Bonchev–Trinajstić information content (AvgIpc) is 3.13. The Labute approximate surface area is 116 Å². The third kappa shape index (κ3) is 1.94. The largest absolute Gasteiger partial charge is 0.493 e. The normalized spacial score (nSPS) is 23.4. The number of carboxylic acids is 1. The molecule has 0 bridgehead atoms. The molecule has 1 amide bonds. The number of ether oxygens (including phenoxy) is 1. The number of rotatable bonds is 4. The maximum Gasteiger partial charge on any atom is 0.319 e. The van der Waals surface area contributed by atoms with E-state index >= 15 is 0 Å². The van der Waals surface area contributed by atoms with Gasteiger partial charge in [-0.1, -0.05) is 18.2 Å². The van der Waals surface area contributed by atoms with Gasteiger partial charge in [0.1, 0.15) is 11.2 Å². The molecule has 2 N–H and O–H groups in total. The number of hydrogen-bond acceptors (Lipinski definition) is 3. The van der Waals surface area contributed by atoms with E-state index in [2.05, 4.69) is 5.32 Å². The number of hydrogen-bond donors (Lipinski definition) is 2. The number of amides is 1. The molecule has 0 radical (unpaired) electrons. The molecule has 1 aromatic rings. The summed E-state index contributed by atoms with van der Waals surface area (Å²) in [6.45, 7) is 2.41. The van der Waals surface area contributed by atoms with E-state index < -0.39 is 11.4 Å². The highest BCUT2D eigenvalue weighted by atomic mass is 16.5. The molecule has 0 spiro atoms. The van der Waals surface area contributed by atoms with E-state index in [0.717, 1.165) is 11.3 Å². The van der Waals surface area contributed by atoms with Crippen LogP contribution in [-0.4, -0.2) is 29.6 Å². The molecule has 3 rings (SSSR count). The number of benzene rings is 1. The van der Waals surface area contributed by atoms with E-state index in [4.69, 9.17) is 9.84 Å². The molecule has 1 heterocycles. The van der Waals surface area contributed by atoms with Gasteiger partial charge in [-0.15, -0.1) is 0 Å². The molecule has 1 saturated carbocycles. The fraction of sp³-hybridized carbons (Fsp3) is 0.467. The Kier molecular flexibility index (Phi) is 2.92. The van der Waals surface area contributed by atoms with Crippen molar-refractivity contribution in [3.05, 3.63) is 29.8 Å². The first-order valence-electron chi connectivity index (χ1n) is 6.81. The Morgan fingerprint density at radius 2 is 2.10 bits per heavy atom. The zero-order valence-corrected chi connectivity index (χ0v) is 11.3. The lowest BCUT2D eigenvalue weighted by molar-refractivity contribution is -0.149. The molecule has 0 saturated heterocycles. The topological polar surface area (TPSA) is 75.6 Å². The van der Waals surface area contributed by atoms with Gasteiger partial charge in [0.15, 0.2) is 0 Å². The van der Waals surface area contributed by atoms with Crippen molar-refractivity contribution >= 4 is 11.9 Å². The van der Waals surface area contributed by atoms with Gasteiger partial charge in [0.05, 0.1) is 6.61 Å². The highest BCUT2D eigenvalue weighted by Gasteiger charge is 2.57. The van der Waals surface area contributed by atoms with Gasteiger partial charge < -0.3 is 15.2 Å². The van der Waals surface area contributed by atoms with E-state index in [1.807, 2.05) is 31.2 Å². The fourth-order valence-corrected chi connectivity index (χ4v) is 2.71. The van der Waals surface area contributed by atoms with Gasteiger partial charge in [-0.3, -0.25) is 9.59 Å². The Morgan fingerprint density at radius 1 is 1.40 bits per heavy atom. The second-order valence-electron chi connectivity index (χ2n) is 5.60. The van der Waals surface area contributed by atoms with Crippen LogP contribution in [0.25, 0.3) is 0 Å². The van der Waals surface area contributed by atoms with Crippen molar-refractivity contribution in [2.45, 2.75) is 31.7 Å². The molecule has 1 fully saturated rings. The molecule has 2 aliphatic rings. The SMILES string of the molecule is C[C@@H](NC(=O)C1(C(=O)O)CC1)[C@H]1COc2ccccc21. The fourth-order valence-electron chi connectivity index (χ4n) is 2.71. The van der Waals surface area contributed by atoms with Crippen LogP contribution in [0.15, 0.2) is 24.3 Å². The van der Waals surface area contributed by atoms with Crippen LogP contribution in [0.4, 0.5) is 0 Å². The highest BCUT2D eigenvalue weighted by molar-refractivity contribution is 6.04. The van der Waals surface area contributed by atoms with E-state index in [-0.39, 0.29) is 17.9 Å². The smallest absolute Gasteiger partial charge is 0.319 e. The van der Waals surface area contributed by atoms with Crippen molar-refractivity contribution in [1.82, 2.24) is 5.32 Å². The molecule has 0 unspecified atom stereocenters. The van der Waals surface area contributed by atoms with E-state index in [0.29, 0.717) is 19.4 Å². The second kappa shape index (κ2) is 4.51. The van der Waals surface area contributed by atoms with Crippen LogP contribution >= 0.6 is 0 Å². The molecular weight excluding hydrogens is 258 g/mol. The van der Waals surface area contributed by atoms with Crippen LogP contribution in [0.2, 0.25) is 0 Å². The summed E-state index contributed by atoms with van der Waals surface area (Å²) in [7, 11) is 0. The van der Waals surface area contributed by atoms with Gasteiger partial charge in [0.2, 0.25) is 5.91 Å². The second-order valence-corrected chi connectivity index (χ2v) is 5.60. The van der Waals surface area contributed by atoms with E-state index in [1.165, 1.54) is 0 Å². The Bertz CT molecular complexity index is 565. The third-order valence-corrected chi connectivity index (χ3v) is 4.29. The molecule has 1 aliphatic heterocycles. The Balaban J connectivity index is 1.71. The van der Waals surface area contributed by atoms with Gasteiger partial charge in [0, 0.05) is 17.5 Å². The summed E-state index contributed by atoms with van der Waals surface area (Å²) in [6.07, 6.45) is 0.858. The van der Waals surface area contributed by atoms with Crippen LogP contribution < -0.4 is 10.1 Å². The third-order valence-electron chi connectivity index (χ3n) is 4.29. The maximum atomic E-state index is 12.1. The minimum atomic E-state index is -1.19. The van der Waals surface area contributed by atoms with Crippen molar-refractivity contribution in [2.75, 3.05) is 6.61 Å². The number of nitrogens with one attached hydrogen (secondary N) is 1. The molecule has 1 aliphatic carbocycles. The van der Waals surface area contributed by atoms with Crippen LogP contribution in [0.1, 0.15) is 31.2 Å². The number of carbonyl (C=O) groups excluding carboxylic acids is 1. The summed E-state index contributed by atoms with van der Waals surface area (Å²) in [5, 5.41) is 12.0. The summed E-state index contributed by atoms with van der Waals surface area (Å²) >= 11 is 0. The monoisotopic (exact) mass is 275 g/mol. The number of carboxylic acid groups (broad SMARTS) is 1. The lowest BCUT2D eigenvalue weighted by Gasteiger charge is -2.22. The Morgan fingerprint density at radius 3 is 2.75 bits per heavy atom. The van der Waals surface area contributed by atoms with Gasteiger partial charge in [-0.2, -0.15) is 0 Å². The summed E-state index contributed by atoms with van der Waals surface area (Å²) in [6, 6.07) is 7.59. The van der Waals surface area contributed by atoms with Crippen molar-refractivity contribution in [3.63, 3.8) is 0 Å². The van der Waals surface area contributed by atoms with Crippen LogP contribution in [0, 0.1) is 5.41 Å². The number of fused-ring (bicyclic) bond motifs is 1. The van der Waals surface area contributed by atoms with Crippen molar-refractivity contribution in [1.29, 1.82) is 0 Å². The molecular formula is C15H17NO4. The van der Waals surface area contributed by atoms with Crippen molar-refractivity contribution in [3.8, 4) is 5.75 Å². The van der Waals surface area contributed by atoms with Gasteiger partial charge in [0.25, 0.3) is 0 Å². The van der Waals surface area contributed by atoms with Crippen molar-refractivity contribution in [2.24, 2.45) is 5.41 Å². The Hall–Kier alpha value is -2.04. The summed E-state index contributed by atoms with van der Waals surface area (Å²) in [5.41, 5.74) is -0.117. The number of aliphatic carboxylic acids is 1. The zero-order chi connectivity index (χ0) is 14.3.